The van der Waals surface area contributed by atoms with E-state index in [-0.39, 0.29) is 10.7 Å². The Morgan fingerprint density at radius 2 is 2.00 bits per heavy atom. The number of hydrogen-bond donors (Lipinski definition) is 1. The molecule has 1 N–H and O–H groups in total. The van der Waals surface area contributed by atoms with Crippen LogP contribution in [0.2, 0.25) is 5.02 Å². The molecule has 0 atom stereocenters. The van der Waals surface area contributed by atoms with Gasteiger partial charge in [0.05, 0.1) is 16.7 Å². The Labute approximate surface area is 96.9 Å². The van der Waals surface area contributed by atoms with E-state index in [0.717, 1.165) is 0 Å². The lowest BCUT2D eigenvalue weighted by Crippen LogP contribution is -2.16. The Morgan fingerprint density at radius 1 is 1.35 bits per heavy atom. The van der Waals surface area contributed by atoms with Crippen LogP contribution in [0.4, 0.5) is 13.2 Å². The average molecular weight is 265 g/mol. The highest BCUT2D eigenvalue weighted by molar-refractivity contribution is 6.33. The number of aromatic nitrogens is 2. The first-order valence-corrected chi connectivity index (χ1v) is 4.66. The first-order valence-electron chi connectivity index (χ1n) is 4.28. The quantitative estimate of drug-likeness (QED) is 0.792. The molecule has 0 aliphatic carbocycles. The van der Waals surface area contributed by atoms with Crippen molar-refractivity contribution in [2.75, 3.05) is 0 Å². The third-order valence-electron chi connectivity index (χ3n) is 2.03. The molecule has 0 saturated carbocycles. The van der Waals surface area contributed by atoms with E-state index < -0.39 is 23.2 Å². The van der Waals surface area contributed by atoms with Gasteiger partial charge in [0.2, 0.25) is 5.88 Å². The van der Waals surface area contributed by atoms with Crippen molar-refractivity contribution in [3.63, 3.8) is 0 Å². The lowest BCUT2D eigenvalue weighted by molar-refractivity contribution is -0.137. The fourth-order valence-electron chi connectivity index (χ4n) is 1.30. The highest BCUT2D eigenvalue weighted by atomic mass is 35.5. The predicted molar refractivity (Wildman–Crippen MR) is 53.1 cm³/mol. The maximum Gasteiger partial charge on any atom is 0.417 e. The maximum atomic E-state index is 12.5. The molecular weight excluding hydrogens is 261 g/mol. The SMILES string of the molecule is O=c1cc(O)nc2c(Cl)cc(C(F)(F)F)cn12. The van der Waals surface area contributed by atoms with Crippen LogP contribution in [0.25, 0.3) is 5.65 Å². The summed E-state index contributed by atoms with van der Waals surface area (Å²) < 4.78 is 38.0. The van der Waals surface area contributed by atoms with Crippen molar-refractivity contribution in [1.29, 1.82) is 0 Å². The molecule has 0 bridgehead atoms. The van der Waals surface area contributed by atoms with Gasteiger partial charge in [-0.3, -0.25) is 9.20 Å². The minimum Gasteiger partial charge on any atom is -0.493 e. The molecule has 0 aliphatic heterocycles. The monoisotopic (exact) mass is 264 g/mol. The molecule has 90 valence electrons. The van der Waals surface area contributed by atoms with Gasteiger partial charge in [-0.2, -0.15) is 18.2 Å². The molecule has 2 aromatic heterocycles. The van der Waals surface area contributed by atoms with Gasteiger partial charge in [-0.25, -0.2) is 0 Å². The van der Waals surface area contributed by atoms with E-state index >= 15 is 0 Å². The Morgan fingerprint density at radius 3 is 2.59 bits per heavy atom. The fourth-order valence-corrected chi connectivity index (χ4v) is 1.56. The number of pyridine rings is 1. The largest absolute Gasteiger partial charge is 0.493 e. The molecule has 17 heavy (non-hydrogen) atoms. The summed E-state index contributed by atoms with van der Waals surface area (Å²) in [6.07, 6.45) is -4.04. The number of hydrogen-bond acceptors (Lipinski definition) is 3. The van der Waals surface area contributed by atoms with Gasteiger partial charge in [0.15, 0.2) is 5.65 Å². The van der Waals surface area contributed by atoms with Gasteiger partial charge in [0.25, 0.3) is 5.56 Å². The molecule has 0 aliphatic rings. The number of rotatable bonds is 0. The van der Waals surface area contributed by atoms with E-state index in [9.17, 15) is 18.0 Å². The summed E-state index contributed by atoms with van der Waals surface area (Å²) in [6, 6.07) is 1.34. The molecule has 0 fully saturated rings. The molecule has 2 heterocycles. The van der Waals surface area contributed by atoms with E-state index in [1.54, 1.807) is 0 Å². The van der Waals surface area contributed by atoms with Crippen molar-refractivity contribution < 1.29 is 18.3 Å². The summed E-state index contributed by atoms with van der Waals surface area (Å²) in [5, 5.41) is 8.69. The molecule has 0 spiro atoms. The van der Waals surface area contributed by atoms with E-state index in [1.165, 1.54) is 0 Å². The van der Waals surface area contributed by atoms with Crippen LogP contribution in [0.3, 0.4) is 0 Å². The zero-order valence-corrected chi connectivity index (χ0v) is 8.75. The molecule has 0 aromatic carbocycles. The lowest BCUT2D eigenvalue weighted by atomic mass is 10.2. The van der Waals surface area contributed by atoms with E-state index in [4.69, 9.17) is 16.7 Å². The summed E-state index contributed by atoms with van der Waals surface area (Å²) in [4.78, 5) is 14.8. The molecule has 2 aromatic rings. The van der Waals surface area contributed by atoms with Crippen LogP contribution in [0.1, 0.15) is 5.56 Å². The summed E-state index contributed by atoms with van der Waals surface area (Å²) in [7, 11) is 0. The van der Waals surface area contributed by atoms with E-state index in [2.05, 4.69) is 4.98 Å². The third-order valence-corrected chi connectivity index (χ3v) is 2.31. The molecule has 0 saturated heterocycles. The first kappa shape index (κ1) is 11.7. The normalized spacial score (nSPS) is 12.0. The Hall–Kier alpha value is -1.76. The first-order chi connectivity index (χ1) is 7.79. The molecular formula is C9H4ClF3N2O2. The number of fused-ring (bicyclic) bond motifs is 1. The fraction of sp³-hybridized carbons (Fsp3) is 0.111. The average Bonchev–Trinajstić information content (AvgIpc) is 2.17. The van der Waals surface area contributed by atoms with Crippen molar-refractivity contribution in [1.82, 2.24) is 9.38 Å². The Bertz CT molecular complexity index is 651. The Balaban J connectivity index is 2.88. The molecule has 8 heteroatoms. The van der Waals surface area contributed by atoms with Crippen LogP contribution in [0, 0.1) is 0 Å². The minimum absolute atomic E-state index is 0.232. The summed E-state index contributed by atoms with van der Waals surface area (Å²) in [6.45, 7) is 0. The minimum atomic E-state index is -4.62. The summed E-state index contributed by atoms with van der Waals surface area (Å²) >= 11 is 5.58. The van der Waals surface area contributed by atoms with Crippen LogP contribution in [-0.4, -0.2) is 14.5 Å². The van der Waals surface area contributed by atoms with Gasteiger partial charge in [0.1, 0.15) is 0 Å². The van der Waals surface area contributed by atoms with Crippen LogP contribution < -0.4 is 5.56 Å². The number of halogens is 4. The predicted octanol–water partition coefficient (Wildman–Crippen LogP) is 2.07. The number of alkyl halides is 3. The molecule has 0 unspecified atom stereocenters. The van der Waals surface area contributed by atoms with Gasteiger partial charge in [0, 0.05) is 6.20 Å². The zero-order valence-electron chi connectivity index (χ0n) is 7.99. The second kappa shape index (κ2) is 3.63. The van der Waals surface area contributed by atoms with Crippen LogP contribution in [0.15, 0.2) is 23.1 Å². The highest BCUT2D eigenvalue weighted by Crippen LogP contribution is 2.31. The standard InChI is InChI=1S/C9H4ClF3N2O2/c10-5-1-4(9(11,12)13)3-15-7(17)2-6(16)14-8(5)15/h1-3,16H. The van der Waals surface area contributed by atoms with Crippen molar-refractivity contribution in [3.05, 3.63) is 39.3 Å². The van der Waals surface area contributed by atoms with Crippen LogP contribution in [0.5, 0.6) is 5.88 Å². The second-order valence-electron chi connectivity index (χ2n) is 3.22. The zero-order chi connectivity index (χ0) is 12.8. The summed E-state index contributed by atoms with van der Waals surface area (Å²) in [5.74, 6) is -0.600. The maximum absolute atomic E-state index is 12.5. The number of nitrogens with zero attached hydrogens (tertiary/aromatic N) is 2. The topological polar surface area (TPSA) is 54.6 Å². The van der Waals surface area contributed by atoms with Crippen LogP contribution in [-0.2, 0) is 6.18 Å². The molecule has 2 rings (SSSR count). The number of aromatic hydroxyl groups is 1. The van der Waals surface area contributed by atoms with E-state index in [1.807, 2.05) is 0 Å². The van der Waals surface area contributed by atoms with Gasteiger partial charge in [-0.1, -0.05) is 11.6 Å². The third kappa shape index (κ3) is 2.05. The molecule has 0 radical (unpaired) electrons. The van der Waals surface area contributed by atoms with E-state index in [0.29, 0.717) is 22.7 Å². The smallest absolute Gasteiger partial charge is 0.417 e. The van der Waals surface area contributed by atoms with Gasteiger partial charge < -0.3 is 5.11 Å². The lowest BCUT2D eigenvalue weighted by Gasteiger charge is -2.09. The van der Waals surface area contributed by atoms with Crippen molar-refractivity contribution in [2.45, 2.75) is 6.18 Å². The molecule has 4 nitrogen and oxygen atoms in total. The van der Waals surface area contributed by atoms with Gasteiger partial charge in [-0.15, -0.1) is 0 Å². The van der Waals surface area contributed by atoms with Crippen molar-refractivity contribution >= 4 is 17.2 Å². The Kier molecular flexibility index (Phi) is 2.50. The summed E-state index contributed by atoms with van der Waals surface area (Å²) in [5.41, 5.74) is -2.14. The van der Waals surface area contributed by atoms with Crippen molar-refractivity contribution in [3.8, 4) is 5.88 Å². The van der Waals surface area contributed by atoms with Crippen molar-refractivity contribution in [2.24, 2.45) is 0 Å². The van der Waals surface area contributed by atoms with Gasteiger partial charge in [-0.05, 0) is 6.07 Å². The van der Waals surface area contributed by atoms with Crippen LogP contribution >= 0.6 is 11.6 Å². The second-order valence-corrected chi connectivity index (χ2v) is 3.63. The highest BCUT2D eigenvalue weighted by Gasteiger charge is 2.32. The van der Waals surface area contributed by atoms with Gasteiger partial charge >= 0.3 is 6.18 Å². The molecule has 0 amide bonds.